The normalized spacial score (nSPS) is 29.7. The van der Waals surface area contributed by atoms with Gasteiger partial charge in [-0.2, -0.15) is 10.7 Å². The van der Waals surface area contributed by atoms with Crippen LogP contribution in [-0.2, 0) is 9.53 Å². The van der Waals surface area contributed by atoms with E-state index in [1.54, 1.807) is 18.9 Å². The van der Waals surface area contributed by atoms with Gasteiger partial charge in [0.1, 0.15) is 0 Å². The summed E-state index contributed by atoms with van der Waals surface area (Å²) in [5, 5.41) is 5.39. The van der Waals surface area contributed by atoms with E-state index in [4.69, 9.17) is 4.74 Å². The molecule has 8 heteroatoms. The molecule has 0 aromatic heterocycles. The van der Waals surface area contributed by atoms with Gasteiger partial charge in [-0.05, 0) is 60.3 Å². The number of carbonyl (C=O) groups excluding carboxylic acids is 1. The summed E-state index contributed by atoms with van der Waals surface area (Å²) in [4.78, 5) is 12.7. The van der Waals surface area contributed by atoms with E-state index in [0.29, 0.717) is 11.4 Å². The van der Waals surface area contributed by atoms with E-state index in [1.807, 2.05) is 19.0 Å². The Morgan fingerprint density at radius 3 is 2.29 bits per heavy atom. The van der Waals surface area contributed by atoms with Gasteiger partial charge < -0.3 is 10.1 Å². The first-order valence-corrected chi connectivity index (χ1v) is 9.59. The molecule has 1 saturated heterocycles. The quantitative estimate of drug-likeness (QED) is 0.592. The highest BCUT2D eigenvalue weighted by atomic mass is 32.2. The Balaban J connectivity index is 1.81. The number of carbonyl (C=O) groups is 1. The lowest BCUT2D eigenvalue weighted by molar-refractivity contribution is -0.123. The van der Waals surface area contributed by atoms with Gasteiger partial charge in [0, 0.05) is 17.9 Å². The van der Waals surface area contributed by atoms with Crippen LogP contribution < -0.4 is 21.7 Å². The van der Waals surface area contributed by atoms with E-state index >= 15 is 0 Å². The zero-order valence-corrected chi connectivity index (χ0v) is 16.5. The van der Waals surface area contributed by atoms with Gasteiger partial charge in [-0.3, -0.25) is 4.79 Å². The Morgan fingerprint density at radius 2 is 1.79 bits per heavy atom. The second-order valence-electron chi connectivity index (χ2n) is 8.06. The monoisotopic (exact) mass is 359 g/mol. The van der Waals surface area contributed by atoms with Gasteiger partial charge in [0.05, 0.1) is 10.9 Å². The number of ether oxygens (including phenoxy) is 1. The molecule has 2 aliphatic rings. The number of thioether (sulfide) groups is 1. The van der Waals surface area contributed by atoms with E-state index in [0.717, 1.165) is 25.7 Å². The number of amides is 1. The van der Waals surface area contributed by atoms with Crippen molar-refractivity contribution in [1.82, 2.24) is 26.8 Å². The molecule has 1 aliphatic heterocycles. The molecule has 24 heavy (non-hydrogen) atoms. The fraction of sp³-hybridized carbons (Fsp3) is 0.938. The molecule has 7 nitrogen and oxygen atoms in total. The van der Waals surface area contributed by atoms with Crippen LogP contribution in [0.3, 0.4) is 0 Å². The van der Waals surface area contributed by atoms with Crippen LogP contribution in [0.2, 0.25) is 0 Å². The van der Waals surface area contributed by atoms with E-state index < -0.39 is 4.75 Å². The lowest BCUT2D eigenvalue weighted by Crippen LogP contribution is -2.56. The highest BCUT2D eigenvalue weighted by molar-refractivity contribution is 8.01. The average Bonchev–Trinajstić information content (AvgIpc) is 2.96. The van der Waals surface area contributed by atoms with Crippen LogP contribution in [0.25, 0.3) is 0 Å². The summed E-state index contributed by atoms with van der Waals surface area (Å²) in [6.45, 7) is 10.2. The number of methoxy groups -OCH3 is 1. The molecule has 140 valence electrons. The minimum Gasteiger partial charge on any atom is -0.381 e. The highest BCUT2D eigenvalue weighted by Crippen LogP contribution is 2.37. The van der Waals surface area contributed by atoms with Gasteiger partial charge in [0.2, 0.25) is 5.91 Å². The van der Waals surface area contributed by atoms with Crippen molar-refractivity contribution in [2.75, 3.05) is 7.11 Å². The molecule has 4 N–H and O–H groups in total. The second-order valence-corrected chi connectivity index (χ2v) is 9.98. The summed E-state index contributed by atoms with van der Waals surface area (Å²) in [5.41, 5.74) is 9.18. The minimum absolute atomic E-state index is 0.0314. The van der Waals surface area contributed by atoms with Crippen molar-refractivity contribution >= 4 is 17.7 Å². The smallest absolute Gasteiger partial charge is 0.237 e. The Kier molecular flexibility index (Phi) is 6.55. The molecule has 2 fully saturated rings. The number of hydrazine groups is 3. The van der Waals surface area contributed by atoms with Crippen LogP contribution in [-0.4, -0.2) is 46.1 Å². The van der Waals surface area contributed by atoms with E-state index in [9.17, 15) is 4.79 Å². The van der Waals surface area contributed by atoms with E-state index in [1.165, 1.54) is 0 Å². The predicted octanol–water partition coefficient (Wildman–Crippen LogP) is 1.48. The Morgan fingerprint density at radius 1 is 1.17 bits per heavy atom. The molecule has 1 atom stereocenters. The maximum Gasteiger partial charge on any atom is 0.237 e. The van der Waals surface area contributed by atoms with Crippen molar-refractivity contribution in [3.63, 3.8) is 0 Å². The number of rotatable bonds is 5. The Labute approximate surface area is 149 Å². The van der Waals surface area contributed by atoms with Gasteiger partial charge in [-0.25, -0.2) is 10.9 Å². The molecule has 0 aromatic rings. The summed E-state index contributed by atoms with van der Waals surface area (Å²) < 4.78 is 4.96. The fourth-order valence-electron chi connectivity index (χ4n) is 2.91. The van der Waals surface area contributed by atoms with Crippen molar-refractivity contribution in [2.45, 2.75) is 88.2 Å². The summed E-state index contributed by atoms with van der Waals surface area (Å²) in [6.07, 6.45) is 4.46. The molecular formula is C16H33N5O2S. The van der Waals surface area contributed by atoms with Crippen molar-refractivity contribution in [1.29, 1.82) is 0 Å². The third-order valence-electron chi connectivity index (χ3n) is 4.49. The van der Waals surface area contributed by atoms with Crippen molar-refractivity contribution in [3.8, 4) is 0 Å². The largest absolute Gasteiger partial charge is 0.381 e. The zero-order chi connectivity index (χ0) is 18.0. The molecule has 0 spiro atoms. The molecule has 2 rings (SSSR count). The fourth-order valence-corrected chi connectivity index (χ4v) is 4.42. The van der Waals surface area contributed by atoms with Crippen molar-refractivity contribution in [2.24, 2.45) is 0 Å². The molecule has 0 aromatic carbocycles. The lowest BCUT2D eigenvalue weighted by atomic mass is 9.97. The topological polar surface area (TPSA) is 77.7 Å². The molecule has 0 radical (unpaired) electrons. The molecule has 1 heterocycles. The van der Waals surface area contributed by atoms with Crippen LogP contribution in [0.4, 0.5) is 0 Å². The number of hydrogen-bond donors (Lipinski definition) is 4. The first-order chi connectivity index (χ1) is 11.1. The third-order valence-corrected chi connectivity index (χ3v) is 6.07. The van der Waals surface area contributed by atoms with Gasteiger partial charge in [0.15, 0.2) is 6.29 Å². The van der Waals surface area contributed by atoms with Crippen LogP contribution >= 0.6 is 11.8 Å². The summed E-state index contributed by atoms with van der Waals surface area (Å²) in [6, 6.07) is 0. The standard InChI is InChI=1S/C16H33N5O2S/c1-15(2,3)21-19-14(18-20-21)17-13(22)16(4,5)24-12-9-7-11(23-6)8-10-12/h11-12,14,18-20H,7-10H2,1-6H3,(H,17,22). The summed E-state index contributed by atoms with van der Waals surface area (Å²) in [5.74, 6) is 0.0314. The van der Waals surface area contributed by atoms with Crippen LogP contribution in [0.15, 0.2) is 0 Å². The number of nitrogens with one attached hydrogen (secondary N) is 4. The first kappa shape index (κ1) is 19.9. The summed E-state index contributed by atoms with van der Waals surface area (Å²) in [7, 11) is 1.78. The maximum atomic E-state index is 12.7. The average molecular weight is 360 g/mol. The molecule has 0 bridgehead atoms. The second kappa shape index (κ2) is 7.88. The van der Waals surface area contributed by atoms with E-state index in [-0.39, 0.29) is 17.7 Å². The number of nitrogens with zero attached hydrogens (tertiary/aromatic N) is 1. The van der Waals surface area contributed by atoms with Crippen LogP contribution in [0.1, 0.15) is 60.3 Å². The minimum atomic E-state index is -0.469. The Hall–Kier alpha value is -0.380. The maximum absolute atomic E-state index is 12.7. The lowest BCUT2D eigenvalue weighted by Gasteiger charge is -2.33. The molecule has 1 saturated carbocycles. The van der Waals surface area contributed by atoms with Crippen molar-refractivity contribution < 1.29 is 9.53 Å². The van der Waals surface area contributed by atoms with Crippen LogP contribution in [0.5, 0.6) is 0 Å². The molecular weight excluding hydrogens is 326 g/mol. The predicted molar refractivity (Wildman–Crippen MR) is 97.7 cm³/mol. The first-order valence-electron chi connectivity index (χ1n) is 8.71. The SMILES string of the molecule is COC1CCC(SC(C)(C)C(=O)NC2NNN(C(C)(C)C)N2)CC1. The Bertz CT molecular complexity index is 433. The van der Waals surface area contributed by atoms with Gasteiger partial charge in [0.25, 0.3) is 0 Å². The highest BCUT2D eigenvalue weighted by Gasteiger charge is 2.37. The van der Waals surface area contributed by atoms with Crippen molar-refractivity contribution in [3.05, 3.63) is 0 Å². The van der Waals surface area contributed by atoms with Gasteiger partial charge in [-0.15, -0.1) is 11.8 Å². The van der Waals surface area contributed by atoms with E-state index in [2.05, 4.69) is 42.5 Å². The van der Waals surface area contributed by atoms with Gasteiger partial charge in [-0.1, -0.05) is 0 Å². The summed E-state index contributed by atoms with van der Waals surface area (Å²) >= 11 is 1.78. The van der Waals surface area contributed by atoms with Crippen LogP contribution in [0, 0.1) is 0 Å². The van der Waals surface area contributed by atoms with Gasteiger partial charge >= 0.3 is 0 Å². The molecule has 1 unspecified atom stereocenters. The zero-order valence-electron chi connectivity index (χ0n) is 15.7. The molecule has 1 aliphatic carbocycles. The third kappa shape index (κ3) is 5.31. The molecule has 1 amide bonds. The number of hydrogen-bond acceptors (Lipinski definition) is 7.